The van der Waals surface area contributed by atoms with Crippen molar-refractivity contribution >= 4 is 68.2 Å². The minimum absolute atomic E-state index is 0. The van der Waals surface area contributed by atoms with E-state index in [-0.39, 0.29) is 31.9 Å². The smallest absolute Gasteiger partial charge is 0.139 e. The topological polar surface area (TPSA) is 57.0 Å². The summed E-state index contributed by atoms with van der Waals surface area (Å²) in [6.45, 7) is 19.9. The van der Waals surface area contributed by atoms with Gasteiger partial charge in [0.05, 0.1) is 30.5 Å². The van der Waals surface area contributed by atoms with Crippen LogP contribution < -0.4 is 5.19 Å². The summed E-state index contributed by atoms with van der Waals surface area (Å²) in [6, 6.07) is 57.0. The number of hydrogen-bond acceptors (Lipinski definition) is 4. The number of aromatic nitrogens is 3. The van der Waals surface area contributed by atoms with Crippen molar-refractivity contribution in [2.24, 2.45) is 0 Å². The van der Waals surface area contributed by atoms with Gasteiger partial charge in [0, 0.05) is 55.6 Å². The van der Waals surface area contributed by atoms with Crippen molar-refractivity contribution in [2.45, 2.75) is 78.9 Å². The number of benzene rings is 7. The summed E-state index contributed by atoms with van der Waals surface area (Å²) in [6.07, 6.45) is 1.98. The first kappa shape index (κ1) is 44.5. The predicted octanol–water partition coefficient (Wildman–Crippen LogP) is 16.4. The van der Waals surface area contributed by atoms with Gasteiger partial charge in [-0.15, -0.1) is 54.1 Å². The Morgan fingerprint density at radius 3 is 1.97 bits per heavy atom. The van der Waals surface area contributed by atoms with Crippen LogP contribution in [0.2, 0.25) is 19.6 Å². The van der Waals surface area contributed by atoms with Gasteiger partial charge in [-0.05, 0) is 87.3 Å². The van der Waals surface area contributed by atoms with Gasteiger partial charge in [-0.2, -0.15) is 0 Å². The van der Waals surface area contributed by atoms with E-state index in [1.165, 1.54) is 33.1 Å². The van der Waals surface area contributed by atoms with Crippen molar-refractivity contribution < 1.29 is 30.3 Å². The van der Waals surface area contributed by atoms with Crippen molar-refractivity contribution in [1.29, 1.82) is 0 Å². The Hall–Kier alpha value is -6.37. The normalized spacial score (nSPS) is 12.3. The SMILES string of the molecule is CC(C)c1cc(-c2ccccc2)cc(C(C)C)c1-n1c(-c2[c-]ccc3c2oc2cc4oc5ccccc5c4cc23)nc2ccccc21.[2H]C(C)(C)c1cc(-c2[c-]cccc2)ncc1[Si](C)(C)C.[Ir]. The minimum atomic E-state index is -1.50. The fraction of sp³-hybridized carbons (Fsp3) is 0.200. The molecule has 337 valence electrons. The molecular formula is C60H55IrN3O2Si-2. The van der Waals surface area contributed by atoms with Crippen LogP contribution in [0.15, 0.2) is 161 Å². The second-order valence-electron chi connectivity index (χ2n) is 19.2. The second kappa shape index (κ2) is 18.4. The van der Waals surface area contributed by atoms with Gasteiger partial charge in [0.1, 0.15) is 16.7 Å². The molecular weight excluding hydrogens is 1010 g/mol. The van der Waals surface area contributed by atoms with Crippen LogP contribution in [0.4, 0.5) is 0 Å². The Bertz CT molecular complexity index is 3580. The summed E-state index contributed by atoms with van der Waals surface area (Å²) in [5, 5.41) is 5.54. The van der Waals surface area contributed by atoms with Crippen LogP contribution in [-0.2, 0) is 20.1 Å². The maximum absolute atomic E-state index is 8.44. The number of rotatable bonds is 8. The van der Waals surface area contributed by atoms with Gasteiger partial charge in [0.25, 0.3) is 0 Å². The van der Waals surface area contributed by atoms with E-state index >= 15 is 0 Å². The van der Waals surface area contributed by atoms with Gasteiger partial charge in [-0.3, -0.25) is 4.98 Å². The van der Waals surface area contributed by atoms with Crippen molar-refractivity contribution in [1.82, 2.24) is 14.5 Å². The first-order valence-corrected chi connectivity index (χ1v) is 26.5. The molecule has 0 unspecified atom stereocenters. The molecule has 0 N–H and O–H groups in total. The number of para-hydroxylation sites is 3. The fourth-order valence-corrected chi connectivity index (χ4v) is 10.9. The molecule has 11 aromatic rings. The third kappa shape index (κ3) is 8.50. The second-order valence-corrected chi connectivity index (χ2v) is 24.3. The molecule has 67 heavy (non-hydrogen) atoms. The molecule has 0 aliphatic carbocycles. The van der Waals surface area contributed by atoms with Crippen LogP contribution in [-0.4, -0.2) is 22.6 Å². The number of furan rings is 2. The first-order chi connectivity index (χ1) is 32.2. The molecule has 0 amide bonds. The molecule has 0 atom stereocenters. The fourth-order valence-electron chi connectivity index (χ4n) is 9.33. The largest absolute Gasteiger partial charge is 0.500 e. The molecule has 0 fully saturated rings. The van der Waals surface area contributed by atoms with E-state index in [9.17, 15) is 0 Å². The monoisotopic (exact) mass is 1070 g/mol. The molecule has 7 aromatic carbocycles. The maximum atomic E-state index is 8.44. The summed E-state index contributed by atoms with van der Waals surface area (Å²) in [4.78, 5) is 9.91. The Balaban J connectivity index is 0.000000232. The number of fused-ring (bicyclic) bond motifs is 7. The number of pyridine rings is 1. The zero-order valence-electron chi connectivity index (χ0n) is 40.6. The average molecular weight is 1070 g/mol. The third-order valence-corrected chi connectivity index (χ3v) is 14.7. The molecule has 0 aliphatic heterocycles. The average Bonchev–Trinajstić information content (AvgIpc) is 4.01. The minimum Gasteiger partial charge on any atom is -0.500 e. The summed E-state index contributed by atoms with van der Waals surface area (Å²) in [5.74, 6) is 0.760. The van der Waals surface area contributed by atoms with Crippen LogP contribution in [0.5, 0.6) is 0 Å². The Labute approximate surface area is 409 Å². The predicted molar refractivity (Wildman–Crippen MR) is 279 cm³/mol. The Morgan fingerprint density at radius 2 is 1.27 bits per heavy atom. The number of imidazole rings is 1. The van der Waals surface area contributed by atoms with Gasteiger partial charge in [0.15, 0.2) is 0 Å². The summed E-state index contributed by atoms with van der Waals surface area (Å²) in [5.41, 5.74) is 15.3. The van der Waals surface area contributed by atoms with E-state index < -0.39 is 14.0 Å². The number of nitrogens with zero attached hydrogens (tertiary/aromatic N) is 3. The summed E-state index contributed by atoms with van der Waals surface area (Å²) < 4.78 is 23.7. The van der Waals surface area contributed by atoms with Gasteiger partial charge < -0.3 is 18.4 Å². The van der Waals surface area contributed by atoms with Gasteiger partial charge in [0.2, 0.25) is 0 Å². The first-order valence-electron chi connectivity index (χ1n) is 23.5. The van der Waals surface area contributed by atoms with E-state index in [0.717, 1.165) is 83.1 Å². The van der Waals surface area contributed by atoms with Gasteiger partial charge >= 0.3 is 0 Å². The van der Waals surface area contributed by atoms with Crippen molar-refractivity contribution in [3.05, 3.63) is 181 Å². The molecule has 0 saturated heterocycles. The van der Waals surface area contributed by atoms with E-state index in [1.807, 2.05) is 68.6 Å². The molecule has 4 heterocycles. The molecule has 0 saturated carbocycles. The van der Waals surface area contributed by atoms with Crippen molar-refractivity contribution in [2.75, 3.05) is 0 Å². The maximum Gasteiger partial charge on any atom is 0.139 e. The van der Waals surface area contributed by atoms with E-state index in [0.29, 0.717) is 0 Å². The molecule has 0 spiro atoms. The molecule has 7 heteroatoms. The molecule has 0 bridgehead atoms. The molecule has 1 radical (unpaired) electrons. The van der Waals surface area contributed by atoms with Gasteiger partial charge in [-0.1, -0.05) is 144 Å². The Kier molecular flexibility index (Phi) is 12.2. The third-order valence-electron chi connectivity index (χ3n) is 12.7. The van der Waals surface area contributed by atoms with E-state index in [2.05, 4.69) is 166 Å². The van der Waals surface area contributed by atoms with Crippen LogP contribution in [0.3, 0.4) is 0 Å². The quantitative estimate of drug-likeness (QED) is 0.112. The van der Waals surface area contributed by atoms with E-state index in [4.69, 9.17) is 15.2 Å². The number of hydrogen-bond donors (Lipinski definition) is 0. The van der Waals surface area contributed by atoms with E-state index in [1.54, 1.807) is 0 Å². The van der Waals surface area contributed by atoms with Crippen LogP contribution >= 0.6 is 0 Å². The van der Waals surface area contributed by atoms with Crippen molar-refractivity contribution in [3.8, 4) is 39.5 Å². The summed E-state index contributed by atoms with van der Waals surface area (Å²) in [7, 11) is -1.50. The zero-order valence-corrected chi connectivity index (χ0v) is 43.0. The Morgan fingerprint density at radius 1 is 0.597 bits per heavy atom. The molecule has 5 nitrogen and oxygen atoms in total. The molecule has 11 rings (SSSR count). The zero-order chi connectivity index (χ0) is 46.8. The molecule has 0 aliphatic rings. The van der Waals surface area contributed by atoms with Crippen molar-refractivity contribution in [3.63, 3.8) is 0 Å². The standard InChI is InChI=1S/C43H33N2O2.C17H22NSi.Ir/c1-25(2)32-21-28(27-13-6-5-7-14-27)22-33(26(3)4)41(32)45-37-19-10-9-18-36(37)44-43(45)31-17-12-16-30-35-23-34-29-15-8-11-20-38(29)46-39(34)24-40(35)47-42(30)31;1-13(2)15-11-16(14-9-7-6-8-10-14)18-12-17(15)19(3,4)5;/h5-16,18-26H,1-4H3;6-9,11-13H,1-5H3;/q2*-1;/i;13D;. The van der Waals surface area contributed by atoms with Crippen LogP contribution in [0, 0.1) is 12.1 Å². The summed E-state index contributed by atoms with van der Waals surface area (Å²) >= 11 is 0. The van der Waals surface area contributed by atoms with Crippen LogP contribution in [0.25, 0.3) is 94.4 Å². The van der Waals surface area contributed by atoms with Crippen LogP contribution in [0.1, 0.15) is 77.3 Å². The molecule has 4 aromatic heterocycles. The van der Waals surface area contributed by atoms with Gasteiger partial charge in [-0.25, -0.2) is 0 Å².